The molecule has 0 heterocycles. The normalized spacial score (nSPS) is 10.8. The highest BCUT2D eigenvalue weighted by atomic mass is 32.2. The Morgan fingerprint density at radius 1 is 1.50 bits per heavy atom. The first-order chi connectivity index (χ1) is 8.31. The Bertz CT molecular complexity index is 487. The van der Waals surface area contributed by atoms with Gasteiger partial charge in [0.25, 0.3) is 0 Å². The zero-order chi connectivity index (χ0) is 13.8. The molecule has 0 spiro atoms. The minimum Gasteiger partial charge on any atom is -0.459 e. The molecule has 0 saturated heterocycles. The van der Waals surface area contributed by atoms with E-state index in [0.717, 1.165) is 4.90 Å². The van der Waals surface area contributed by atoms with Crippen LogP contribution in [-0.2, 0) is 9.53 Å². The molecule has 0 bridgehead atoms. The molecule has 18 heavy (non-hydrogen) atoms. The fraction of sp³-hybridized carbons (Fsp3) is 0.385. The Morgan fingerprint density at radius 3 is 2.67 bits per heavy atom. The molecule has 1 rings (SSSR count). The third-order valence-corrected chi connectivity index (χ3v) is 2.89. The molecule has 1 aromatic rings. The summed E-state index contributed by atoms with van der Waals surface area (Å²) in [5.41, 5.74) is 6.08. The van der Waals surface area contributed by atoms with E-state index < -0.39 is 5.60 Å². The SMILES string of the molecule is CC(C)(C)OC(=O)CSc1ccc(C#N)c(N)c1. The average Bonchev–Trinajstić information content (AvgIpc) is 2.24. The van der Waals surface area contributed by atoms with Gasteiger partial charge < -0.3 is 10.5 Å². The third kappa shape index (κ3) is 4.68. The fourth-order valence-corrected chi connectivity index (χ4v) is 1.96. The predicted octanol–water partition coefficient (Wildman–Crippen LogP) is 2.57. The van der Waals surface area contributed by atoms with E-state index in [1.807, 2.05) is 26.8 Å². The third-order valence-electron chi connectivity index (χ3n) is 1.92. The monoisotopic (exact) mass is 264 g/mol. The summed E-state index contributed by atoms with van der Waals surface area (Å²) in [5.74, 6) is -0.0433. The number of nitrogens with zero attached hydrogens (tertiary/aromatic N) is 1. The van der Waals surface area contributed by atoms with Crippen LogP contribution in [0.15, 0.2) is 23.1 Å². The number of hydrogen-bond acceptors (Lipinski definition) is 5. The Labute approximate surface area is 111 Å². The van der Waals surface area contributed by atoms with Gasteiger partial charge in [0.2, 0.25) is 0 Å². The lowest BCUT2D eigenvalue weighted by molar-refractivity contribution is -0.151. The lowest BCUT2D eigenvalue weighted by atomic mass is 10.2. The van der Waals surface area contributed by atoms with Crippen LogP contribution in [-0.4, -0.2) is 17.3 Å². The lowest BCUT2D eigenvalue weighted by Crippen LogP contribution is -2.24. The number of nitrogen functional groups attached to an aromatic ring is 1. The van der Waals surface area contributed by atoms with Crippen molar-refractivity contribution in [1.29, 1.82) is 5.26 Å². The van der Waals surface area contributed by atoms with Gasteiger partial charge in [0, 0.05) is 4.90 Å². The number of carbonyl (C=O) groups excluding carboxylic acids is 1. The van der Waals surface area contributed by atoms with E-state index in [0.29, 0.717) is 11.3 Å². The number of ether oxygens (including phenoxy) is 1. The predicted molar refractivity (Wildman–Crippen MR) is 72.1 cm³/mol. The van der Waals surface area contributed by atoms with Crippen molar-refractivity contribution in [3.63, 3.8) is 0 Å². The average molecular weight is 264 g/mol. The maximum Gasteiger partial charge on any atom is 0.316 e. The largest absolute Gasteiger partial charge is 0.459 e. The number of carbonyl (C=O) groups is 1. The van der Waals surface area contributed by atoms with Gasteiger partial charge in [-0.3, -0.25) is 4.79 Å². The topological polar surface area (TPSA) is 76.1 Å². The number of nitriles is 1. The molecule has 0 unspecified atom stereocenters. The van der Waals surface area contributed by atoms with Crippen molar-refractivity contribution in [2.75, 3.05) is 11.5 Å². The molecule has 0 fully saturated rings. The van der Waals surface area contributed by atoms with Crippen LogP contribution in [0.4, 0.5) is 5.69 Å². The van der Waals surface area contributed by atoms with E-state index in [1.165, 1.54) is 11.8 Å². The van der Waals surface area contributed by atoms with Crippen molar-refractivity contribution in [1.82, 2.24) is 0 Å². The van der Waals surface area contributed by atoms with Crippen LogP contribution >= 0.6 is 11.8 Å². The Kier molecular flexibility index (Phi) is 4.62. The maximum atomic E-state index is 11.5. The number of hydrogen-bond donors (Lipinski definition) is 1. The van der Waals surface area contributed by atoms with Crippen molar-refractivity contribution in [2.45, 2.75) is 31.3 Å². The van der Waals surface area contributed by atoms with Crippen LogP contribution in [0.5, 0.6) is 0 Å². The van der Waals surface area contributed by atoms with Gasteiger partial charge in [-0.2, -0.15) is 5.26 Å². The van der Waals surface area contributed by atoms with Crippen molar-refractivity contribution in [3.05, 3.63) is 23.8 Å². The van der Waals surface area contributed by atoms with Crippen LogP contribution < -0.4 is 5.73 Å². The quantitative estimate of drug-likeness (QED) is 0.516. The molecule has 0 amide bonds. The van der Waals surface area contributed by atoms with Crippen LogP contribution in [0.2, 0.25) is 0 Å². The summed E-state index contributed by atoms with van der Waals surface area (Å²) in [6, 6.07) is 7.09. The number of esters is 1. The molecule has 96 valence electrons. The molecule has 0 radical (unpaired) electrons. The van der Waals surface area contributed by atoms with Gasteiger partial charge in [-0.15, -0.1) is 11.8 Å². The number of anilines is 1. The first-order valence-corrected chi connectivity index (χ1v) is 6.44. The number of thioether (sulfide) groups is 1. The van der Waals surface area contributed by atoms with Crippen molar-refractivity contribution in [3.8, 4) is 6.07 Å². The molecule has 2 N–H and O–H groups in total. The zero-order valence-corrected chi connectivity index (χ0v) is 11.5. The summed E-state index contributed by atoms with van der Waals surface area (Å²) >= 11 is 1.34. The van der Waals surface area contributed by atoms with Crippen molar-refractivity contribution < 1.29 is 9.53 Å². The summed E-state index contributed by atoms with van der Waals surface area (Å²) in [6.07, 6.45) is 0. The molecule has 1 aromatic carbocycles. The molecule has 0 aliphatic rings. The fourth-order valence-electron chi connectivity index (χ4n) is 1.25. The number of benzene rings is 1. The van der Waals surface area contributed by atoms with Gasteiger partial charge in [-0.1, -0.05) is 0 Å². The van der Waals surface area contributed by atoms with E-state index in [9.17, 15) is 4.79 Å². The summed E-state index contributed by atoms with van der Waals surface area (Å²) in [5, 5.41) is 8.74. The Balaban J connectivity index is 2.57. The molecule has 0 saturated carbocycles. The van der Waals surface area contributed by atoms with E-state index in [1.54, 1.807) is 18.2 Å². The summed E-state index contributed by atoms with van der Waals surface area (Å²) in [4.78, 5) is 12.4. The summed E-state index contributed by atoms with van der Waals surface area (Å²) in [7, 11) is 0. The molecular formula is C13H16N2O2S. The molecular weight excluding hydrogens is 248 g/mol. The summed E-state index contributed by atoms with van der Waals surface area (Å²) in [6.45, 7) is 5.49. The van der Waals surface area contributed by atoms with E-state index >= 15 is 0 Å². The highest BCUT2D eigenvalue weighted by molar-refractivity contribution is 8.00. The first-order valence-electron chi connectivity index (χ1n) is 5.46. The smallest absolute Gasteiger partial charge is 0.316 e. The number of rotatable bonds is 3. The van der Waals surface area contributed by atoms with Crippen LogP contribution in [0.1, 0.15) is 26.3 Å². The van der Waals surface area contributed by atoms with E-state index in [-0.39, 0.29) is 11.7 Å². The van der Waals surface area contributed by atoms with Gasteiger partial charge in [-0.05, 0) is 39.0 Å². The van der Waals surface area contributed by atoms with E-state index in [4.69, 9.17) is 15.7 Å². The van der Waals surface area contributed by atoms with Gasteiger partial charge >= 0.3 is 5.97 Å². The standard InChI is InChI=1S/C13H16N2O2S/c1-13(2,3)17-12(16)8-18-10-5-4-9(7-14)11(15)6-10/h4-6H,8,15H2,1-3H3. The minimum absolute atomic E-state index is 0.225. The van der Waals surface area contributed by atoms with Crippen LogP contribution in [0, 0.1) is 11.3 Å². The van der Waals surface area contributed by atoms with Gasteiger partial charge in [0.1, 0.15) is 11.7 Å². The molecule has 0 aliphatic heterocycles. The Morgan fingerprint density at radius 2 is 2.17 bits per heavy atom. The van der Waals surface area contributed by atoms with Crippen LogP contribution in [0.3, 0.4) is 0 Å². The molecule has 0 aliphatic carbocycles. The molecule has 0 aromatic heterocycles. The maximum absolute atomic E-state index is 11.5. The number of nitrogens with two attached hydrogens (primary N) is 1. The van der Waals surface area contributed by atoms with E-state index in [2.05, 4.69) is 0 Å². The highest BCUT2D eigenvalue weighted by Gasteiger charge is 2.16. The zero-order valence-electron chi connectivity index (χ0n) is 10.7. The Hall–Kier alpha value is -1.67. The second-order valence-electron chi connectivity index (χ2n) is 4.74. The van der Waals surface area contributed by atoms with Gasteiger partial charge in [0.15, 0.2) is 0 Å². The minimum atomic E-state index is -0.471. The van der Waals surface area contributed by atoms with Gasteiger partial charge in [-0.25, -0.2) is 0 Å². The van der Waals surface area contributed by atoms with Crippen LogP contribution in [0.25, 0.3) is 0 Å². The second-order valence-corrected chi connectivity index (χ2v) is 5.78. The van der Waals surface area contributed by atoms with Crippen molar-refractivity contribution in [2.24, 2.45) is 0 Å². The molecule has 0 atom stereocenters. The lowest BCUT2D eigenvalue weighted by Gasteiger charge is -2.19. The van der Waals surface area contributed by atoms with Gasteiger partial charge in [0.05, 0.1) is 17.0 Å². The summed E-state index contributed by atoms with van der Waals surface area (Å²) < 4.78 is 5.19. The first kappa shape index (κ1) is 14.4. The van der Waals surface area contributed by atoms with Crippen molar-refractivity contribution >= 4 is 23.4 Å². The second kappa shape index (κ2) is 5.78. The highest BCUT2D eigenvalue weighted by Crippen LogP contribution is 2.23. The molecule has 5 heteroatoms. The molecule has 4 nitrogen and oxygen atoms in total.